The molecule has 1 saturated heterocycles. The average molecular weight is 618 g/mol. The summed E-state index contributed by atoms with van der Waals surface area (Å²) in [6.07, 6.45) is 1.87. The summed E-state index contributed by atoms with van der Waals surface area (Å²) in [5.74, 6) is 0.915. The summed E-state index contributed by atoms with van der Waals surface area (Å²) >= 11 is 19.2. The zero-order valence-electron chi connectivity index (χ0n) is 20.6. The summed E-state index contributed by atoms with van der Waals surface area (Å²) in [6, 6.07) is 13.5. The van der Waals surface area contributed by atoms with E-state index >= 15 is 0 Å². The van der Waals surface area contributed by atoms with Crippen molar-refractivity contribution in [2.45, 2.75) is 23.5 Å². The molecule has 2 aromatic carbocycles. The highest BCUT2D eigenvalue weighted by molar-refractivity contribution is 7.91. The second kappa shape index (κ2) is 12.9. The highest BCUT2D eigenvalue weighted by Gasteiger charge is 2.30. The molecule has 0 spiro atoms. The van der Waals surface area contributed by atoms with E-state index in [0.29, 0.717) is 76.9 Å². The van der Waals surface area contributed by atoms with E-state index in [2.05, 4.69) is 5.32 Å². The van der Waals surface area contributed by atoms with Crippen molar-refractivity contribution in [2.24, 2.45) is 5.92 Å². The smallest absolute Gasteiger partial charge is 0.252 e. The quantitative estimate of drug-likeness (QED) is 0.294. The number of halogens is 3. The van der Waals surface area contributed by atoms with Crippen LogP contribution < -0.4 is 14.8 Å². The standard InChI is InChI=1S/C26H27Cl3N2O5S2/c1-35-22-5-3-19(14-23(22)36-13-10-18-2-4-20(27)15-21(18)28)26(32)30-16-17-8-11-31(12-9-17)38(33,34)25-7-6-24(29)37-25/h2-7,14-15,17H,8-13,16H2,1H3,(H,30,32). The summed E-state index contributed by atoms with van der Waals surface area (Å²) in [7, 11) is -2.00. The van der Waals surface area contributed by atoms with Gasteiger partial charge in [-0.25, -0.2) is 8.42 Å². The number of nitrogens with one attached hydrogen (secondary N) is 1. The summed E-state index contributed by atoms with van der Waals surface area (Å²) in [5, 5.41) is 4.11. The summed E-state index contributed by atoms with van der Waals surface area (Å²) < 4.78 is 39.1. The molecule has 0 radical (unpaired) electrons. The van der Waals surface area contributed by atoms with E-state index in [1.807, 2.05) is 6.07 Å². The number of rotatable bonds is 10. The van der Waals surface area contributed by atoms with E-state index in [4.69, 9.17) is 44.3 Å². The van der Waals surface area contributed by atoms with Crippen LogP contribution in [0.25, 0.3) is 0 Å². The summed E-state index contributed by atoms with van der Waals surface area (Å²) in [6.45, 7) is 1.59. The average Bonchev–Trinajstić information content (AvgIpc) is 3.36. The van der Waals surface area contributed by atoms with Gasteiger partial charge in [0.1, 0.15) is 4.21 Å². The maximum atomic E-state index is 12.9. The second-order valence-electron chi connectivity index (χ2n) is 8.82. The van der Waals surface area contributed by atoms with Crippen LogP contribution in [0.3, 0.4) is 0 Å². The van der Waals surface area contributed by atoms with Crippen LogP contribution in [0.4, 0.5) is 0 Å². The van der Waals surface area contributed by atoms with Crippen LogP contribution in [0.1, 0.15) is 28.8 Å². The van der Waals surface area contributed by atoms with Crippen LogP contribution in [0.5, 0.6) is 11.5 Å². The van der Waals surface area contributed by atoms with Gasteiger partial charge in [-0.3, -0.25) is 4.79 Å². The van der Waals surface area contributed by atoms with Gasteiger partial charge in [0.15, 0.2) is 11.5 Å². The number of piperidine rings is 1. The maximum absolute atomic E-state index is 12.9. The number of nitrogens with zero attached hydrogens (tertiary/aromatic N) is 1. The third-order valence-electron chi connectivity index (χ3n) is 6.34. The fourth-order valence-electron chi connectivity index (χ4n) is 4.18. The van der Waals surface area contributed by atoms with Crippen molar-refractivity contribution < 1.29 is 22.7 Å². The molecule has 0 bridgehead atoms. The lowest BCUT2D eigenvalue weighted by atomic mass is 9.98. The minimum atomic E-state index is -3.54. The zero-order chi connectivity index (χ0) is 27.3. The molecule has 1 fully saturated rings. The third-order valence-corrected chi connectivity index (χ3v) is 10.5. The van der Waals surface area contributed by atoms with E-state index < -0.39 is 10.0 Å². The first-order chi connectivity index (χ1) is 18.2. The number of thiophene rings is 1. The first kappa shape index (κ1) is 29.0. The molecule has 38 heavy (non-hydrogen) atoms. The van der Waals surface area contributed by atoms with Crippen molar-refractivity contribution >= 4 is 62.1 Å². The minimum Gasteiger partial charge on any atom is -0.493 e. The Balaban J connectivity index is 1.29. The first-order valence-electron chi connectivity index (χ1n) is 12.0. The Morgan fingerprint density at radius 2 is 1.82 bits per heavy atom. The molecule has 3 aromatic rings. The SMILES string of the molecule is COc1ccc(C(=O)NCC2CCN(S(=O)(=O)c3ccc(Cl)s3)CC2)cc1OCCc1ccc(Cl)cc1Cl. The highest BCUT2D eigenvalue weighted by atomic mass is 35.5. The van der Waals surface area contributed by atoms with Crippen LogP contribution in [0.15, 0.2) is 52.7 Å². The predicted octanol–water partition coefficient (Wildman–Crippen LogP) is 6.17. The summed E-state index contributed by atoms with van der Waals surface area (Å²) in [4.78, 5) is 12.9. The van der Waals surface area contributed by atoms with Crippen LogP contribution >= 0.6 is 46.1 Å². The maximum Gasteiger partial charge on any atom is 0.252 e. The molecule has 1 aromatic heterocycles. The molecular formula is C26H27Cl3N2O5S2. The number of sulfonamides is 1. The third kappa shape index (κ3) is 7.14. The normalized spacial score (nSPS) is 14.8. The van der Waals surface area contributed by atoms with Crippen molar-refractivity contribution in [3.63, 3.8) is 0 Å². The fraction of sp³-hybridized carbons (Fsp3) is 0.346. The second-order valence-corrected chi connectivity index (χ2v) is 13.5. The molecule has 1 N–H and O–H groups in total. The van der Waals surface area contributed by atoms with Gasteiger partial charge in [0.25, 0.3) is 15.9 Å². The van der Waals surface area contributed by atoms with Gasteiger partial charge >= 0.3 is 0 Å². The number of carbonyl (C=O) groups excluding carboxylic acids is 1. The van der Waals surface area contributed by atoms with Crippen LogP contribution in [-0.4, -0.2) is 52.0 Å². The Hall–Kier alpha value is -2.01. The molecule has 1 amide bonds. The van der Waals surface area contributed by atoms with E-state index in [-0.39, 0.29) is 16.0 Å². The molecule has 12 heteroatoms. The van der Waals surface area contributed by atoms with Crippen molar-refractivity contribution in [2.75, 3.05) is 33.4 Å². The Labute approximate surface area is 241 Å². The number of methoxy groups -OCH3 is 1. The Kier molecular flexibility index (Phi) is 9.84. The highest BCUT2D eigenvalue weighted by Crippen LogP contribution is 2.31. The number of hydrogen-bond acceptors (Lipinski definition) is 6. The van der Waals surface area contributed by atoms with Crippen molar-refractivity contribution in [1.82, 2.24) is 9.62 Å². The van der Waals surface area contributed by atoms with Gasteiger partial charge in [-0.05, 0) is 66.8 Å². The Morgan fingerprint density at radius 3 is 2.47 bits per heavy atom. The number of carbonyl (C=O) groups is 1. The molecule has 204 valence electrons. The first-order valence-corrected chi connectivity index (χ1v) is 15.3. The molecule has 0 atom stereocenters. The topological polar surface area (TPSA) is 84.9 Å². The Morgan fingerprint density at radius 1 is 1.05 bits per heavy atom. The molecule has 7 nitrogen and oxygen atoms in total. The number of benzene rings is 2. The van der Waals surface area contributed by atoms with Gasteiger partial charge < -0.3 is 14.8 Å². The van der Waals surface area contributed by atoms with Crippen molar-refractivity contribution in [3.8, 4) is 11.5 Å². The molecule has 2 heterocycles. The van der Waals surface area contributed by atoms with Crippen molar-refractivity contribution in [1.29, 1.82) is 0 Å². The van der Waals surface area contributed by atoms with Gasteiger partial charge in [0, 0.05) is 41.7 Å². The van der Waals surface area contributed by atoms with E-state index in [1.54, 1.807) is 36.4 Å². The number of ether oxygens (including phenoxy) is 2. The molecule has 0 saturated carbocycles. The Bertz CT molecular complexity index is 1390. The lowest BCUT2D eigenvalue weighted by molar-refractivity contribution is 0.0941. The van der Waals surface area contributed by atoms with Crippen LogP contribution in [0.2, 0.25) is 14.4 Å². The monoisotopic (exact) mass is 616 g/mol. The lowest BCUT2D eigenvalue weighted by Crippen LogP contribution is -2.41. The van der Waals surface area contributed by atoms with E-state index in [1.165, 1.54) is 17.5 Å². The molecule has 0 unspecified atom stereocenters. The van der Waals surface area contributed by atoms with Gasteiger partial charge in [0.05, 0.1) is 18.1 Å². The van der Waals surface area contributed by atoms with Crippen molar-refractivity contribution in [3.05, 3.63) is 74.0 Å². The lowest BCUT2D eigenvalue weighted by Gasteiger charge is -2.30. The summed E-state index contributed by atoms with van der Waals surface area (Å²) in [5.41, 5.74) is 1.35. The van der Waals surface area contributed by atoms with Crippen LogP contribution in [-0.2, 0) is 16.4 Å². The molecule has 1 aliphatic heterocycles. The molecule has 4 rings (SSSR count). The van der Waals surface area contributed by atoms with E-state index in [0.717, 1.165) is 16.9 Å². The minimum absolute atomic E-state index is 0.176. The molecule has 1 aliphatic rings. The van der Waals surface area contributed by atoms with Gasteiger partial charge in [-0.1, -0.05) is 40.9 Å². The molecule has 0 aliphatic carbocycles. The predicted molar refractivity (Wildman–Crippen MR) is 152 cm³/mol. The van der Waals surface area contributed by atoms with Gasteiger partial charge in [-0.15, -0.1) is 11.3 Å². The molecular weight excluding hydrogens is 591 g/mol. The number of hydrogen-bond donors (Lipinski definition) is 1. The largest absolute Gasteiger partial charge is 0.493 e. The van der Waals surface area contributed by atoms with Crippen LogP contribution in [0, 0.1) is 5.92 Å². The van der Waals surface area contributed by atoms with E-state index in [9.17, 15) is 13.2 Å². The van der Waals surface area contributed by atoms with Gasteiger partial charge in [-0.2, -0.15) is 4.31 Å². The fourth-order valence-corrected chi connectivity index (χ4v) is 7.79. The van der Waals surface area contributed by atoms with Gasteiger partial charge in [0.2, 0.25) is 0 Å². The zero-order valence-corrected chi connectivity index (χ0v) is 24.5. The number of amides is 1.